The standard InChI is InChI=1S/C17H22N4O2/c1-12-8-13-4-2-3-5-15(13)17(12)20-14-9-19-21(10-14)11-16(23)18-6-7-22/h2-5,9-10,12,17,20,22H,6-8,11H2,1H3,(H,18,23). The average molecular weight is 314 g/mol. The summed E-state index contributed by atoms with van der Waals surface area (Å²) < 4.78 is 1.60. The van der Waals surface area contributed by atoms with Gasteiger partial charge in [-0.05, 0) is 23.5 Å². The molecule has 23 heavy (non-hydrogen) atoms. The van der Waals surface area contributed by atoms with Crippen LogP contribution in [0.25, 0.3) is 0 Å². The molecule has 1 heterocycles. The van der Waals surface area contributed by atoms with Crippen LogP contribution in [0, 0.1) is 5.92 Å². The fraction of sp³-hybridized carbons (Fsp3) is 0.412. The van der Waals surface area contributed by atoms with Crippen molar-refractivity contribution in [3.8, 4) is 0 Å². The summed E-state index contributed by atoms with van der Waals surface area (Å²) in [5.74, 6) is 0.358. The Bertz CT molecular complexity index is 683. The van der Waals surface area contributed by atoms with Crippen LogP contribution in [-0.4, -0.2) is 33.9 Å². The number of nitrogens with one attached hydrogen (secondary N) is 2. The van der Waals surface area contributed by atoms with E-state index in [4.69, 9.17) is 5.11 Å². The first-order valence-electron chi connectivity index (χ1n) is 7.91. The van der Waals surface area contributed by atoms with Crippen LogP contribution < -0.4 is 10.6 Å². The van der Waals surface area contributed by atoms with Gasteiger partial charge in [-0.25, -0.2) is 0 Å². The van der Waals surface area contributed by atoms with Crippen molar-refractivity contribution in [3.05, 3.63) is 47.8 Å². The first-order valence-corrected chi connectivity index (χ1v) is 7.91. The molecule has 0 radical (unpaired) electrons. The van der Waals surface area contributed by atoms with Gasteiger partial charge in [-0.15, -0.1) is 0 Å². The Morgan fingerprint density at radius 2 is 2.26 bits per heavy atom. The second kappa shape index (κ2) is 6.83. The minimum Gasteiger partial charge on any atom is -0.395 e. The molecule has 6 nitrogen and oxygen atoms in total. The van der Waals surface area contributed by atoms with E-state index < -0.39 is 0 Å². The Hall–Kier alpha value is -2.34. The Morgan fingerprint density at radius 1 is 1.43 bits per heavy atom. The van der Waals surface area contributed by atoms with Crippen LogP contribution >= 0.6 is 0 Å². The molecule has 1 aliphatic carbocycles. The van der Waals surface area contributed by atoms with Crippen molar-refractivity contribution in [2.75, 3.05) is 18.5 Å². The molecular formula is C17H22N4O2. The summed E-state index contributed by atoms with van der Waals surface area (Å²) in [6.45, 7) is 2.60. The second-order valence-corrected chi connectivity index (χ2v) is 6.00. The number of rotatable bonds is 6. The van der Waals surface area contributed by atoms with E-state index in [1.165, 1.54) is 11.1 Å². The molecule has 0 bridgehead atoms. The Labute approximate surface area is 135 Å². The summed E-state index contributed by atoms with van der Waals surface area (Å²) in [6, 6.07) is 8.77. The maximum absolute atomic E-state index is 11.6. The van der Waals surface area contributed by atoms with E-state index in [9.17, 15) is 4.79 Å². The van der Waals surface area contributed by atoms with Crippen LogP contribution in [0.1, 0.15) is 24.1 Å². The van der Waals surface area contributed by atoms with Gasteiger partial charge in [0.05, 0.1) is 24.5 Å². The van der Waals surface area contributed by atoms with Crippen molar-refractivity contribution >= 4 is 11.6 Å². The number of hydrogen-bond donors (Lipinski definition) is 3. The summed E-state index contributed by atoms with van der Waals surface area (Å²) >= 11 is 0. The lowest BCUT2D eigenvalue weighted by Gasteiger charge is -2.18. The number of fused-ring (bicyclic) bond motifs is 1. The van der Waals surface area contributed by atoms with E-state index in [1.807, 2.05) is 6.20 Å². The normalized spacial score (nSPS) is 19.4. The maximum Gasteiger partial charge on any atom is 0.241 e. The third kappa shape index (κ3) is 3.53. The fourth-order valence-corrected chi connectivity index (χ4v) is 3.12. The minimum atomic E-state index is -0.159. The monoisotopic (exact) mass is 314 g/mol. The van der Waals surface area contributed by atoms with Crippen molar-refractivity contribution < 1.29 is 9.90 Å². The molecule has 0 aliphatic heterocycles. The number of aromatic nitrogens is 2. The van der Waals surface area contributed by atoms with E-state index in [0.29, 0.717) is 5.92 Å². The third-order valence-corrected chi connectivity index (χ3v) is 4.20. The summed E-state index contributed by atoms with van der Waals surface area (Å²) in [6.07, 6.45) is 4.66. The van der Waals surface area contributed by atoms with E-state index in [1.54, 1.807) is 10.9 Å². The van der Waals surface area contributed by atoms with Crippen molar-refractivity contribution in [3.63, 3.8) is 0 Å². The molecule has 0 fully saturated rings. The predicted octanol–water partition coefficient (Wildman–Crippen LogP) is 1.34. The summed E-state index contributed by atoms with van der Waals surface area (Å²) in [4.78, 5) is 11.6. The molecule has 0 spiro atoms. The summed E-state index contributed by atoms with van der Waals surface area (Å²) in [7, 11) is 0. The van der Waals surface area contributed by atoms with E-state index in [0.717, 1.165) is 12.1 Å². The highest BCUT2D eigenvalue weighted by Crippen LogP contribution is 2.37. The number of anilines is 1. The summed E-state index contributed by atoms with van der Waals surface area (Å²) in [5, 5.41) is 19.1. The number of carbonyl (C=O) groups is 1. The van der Waals surface area contributed by atoms with Gasteiger partial charge in [-0.3, -0.25) is 9.48 Å². The van der Waals surface area contributed by atoms with Gasteiger partial charge in [0.1, 0.15) is 6.54 Å². The molecule has 3 N–H and O–H groups in total. The first kappa shape index (κ1) is 15.6. The Morgan fingerprint density at radius 3 is 3.09 bits per heavy atom. The van der Waals surface area contributed by atoms with Gasteiger partial charge >= 0.3 is 0 Å². The molecule has 1 amide bonds. The fourth-order valence-electron chi connectivity index (χ4n) is 3.12. The van der Waals surface area contributed by atoms with Gasteiger partial charge in [-0.2, -0.15) is 5.10 Å². The highest BCUT2D eigenvalue weighted by Gasteiger charge is 2.29. The molecule has 2 aromatic rings. The van der Waals surface area contributed by atoms with E-state index in [-0.39, 0.29) is 31.6 Å². The van der Waals surface area contributed by atoms with Gasteiger partial charge in [0.2, 0.25) is 5.91 Å². The molecule has 2 atom stereocenters. The quantitative estimate of drug-likeness (QED) is 0.752. The minimum absolute atomic E-state index is 0.0589. The van der Waals surface area contributed by atoms with Crippen LogP contribution in [0.5, 0.6) is 0 Å². The topological polar surface area (TPSA) is 79.2 Å². The van der Waals surface area contributed by atoms with Gasteiger partial charge < -0.3 is 15.7 Å². The van der Waals surface area contributed by atoms with Gasteiger partial charge in [0.15, 0.2) is 0 Å². The maximum atomic E-state index is 11.6. The van der Waals surface area contributed by atoms with Crippen molar-refractivity contribution in [1.29, 1.82) is 0 Å². The number of aliphatic hydroxyl groups excluding tert-OH is 1. The zero-order valence-corrected chi connectivity index (χ0v) is 13.2. The van der Waals surface area contributed by atoms with Gasteiger partial charge in [0, 0.05) is 12.7 Å². The smallest absolute Gasteiger partial charge is 0.241 e. The van der Waals surface area contributed by atoms with Crippen LogP contribution in [0.3, 0.4) is 0 Å². The van der Waals surface area contributed by atoms with Crippen LogP contribution in [0.2, 0.25) is 0 Å². The molecule has 3 rings (SSSR count). The lowest BCUT2D eigenvalue weighted by Crippen LogP contribution is -2.30. The molecule has 1 aromatic heterocycles. The Kier molecular flexibility index (Phi) is 4.62. The lowest BCUT2D eigenvalue weighted by atomic mass is 10.0. The molecule has 122 valence electrons. The van der Waals surface area contributed by atoms with Crippen molar-refractivity contribution in [1.82, 2.24) is 15.1 Å². The molecule has 1 aromatic carbocycles. The molecule has 1 aliphatic rings. The molecule has 0 saturated heterocycles. The average Bonchev–Trinajstić information content (AvgIpc) is 3.10. The zero-order valence-electron chi connectivity index (χ0n) is 13.2. The van der Waals surface area contributed by atoms with Crippen molar-refractivity contribution in [2.45, 2.75) is 25.9 Å². The van der Waals surface area contributed by atoms with E-state index in [2.05, 4.69) is 46.9 Å². The number of benzene rings is 1. The van der Waals surface area contributed by atoms with Gasteiger partial charge in [-0.1, -0.05) is 31.2 Å². The second-order valence-electron chi connectivity index (χ2n) is 6.00. The number of amides is 1. The highest BCUT2D eigenvalue weighted by molar-refractivity contribution is 5.75. The highest BCUT2D eigenvalue weighted by atomic mass is 16.3. The van der Waals surface area contributed by atoms with Crippen LogP contribution in [0.4, 0.5) is 5.69 Å². The largest absolute Gasteiger partial charge is 0.395 e. The molecule has 6 heteroatoms. The Balaban J connectivity index is 1.64. The van der Waals surface area contributed by atoms with E-state index >= 15 is 0 Å². The molecule has 2 unspecified atom stereocenters. The van der Waals surface area contributed by atoms with Crippen LogP contribution in [-0.2, 0) is 17.8 Å². The summed E-state index contributed by atoms with van der Waals surface area (Å²) in [5.41, 5.74) is 3.65. The zero-order chi connectivity index (χ0) is 16.2. The number of aliphatic hydroxyl groups is 1. The number of nitrogens with zero attached hydrogens (tertiary/aromatic N) is 2. The SMILES string of the molecule is CC1Cc2ccccc2C1Nc1cnn(CC(=O)NCCO)c1. The number of hydrogen-bond acceptors (Lipinski definition) is 4. The molecule has 0 saturated carbocycles. The van der Waals surface area contributed by atoms with Crippen LogP contribution in [0.15, 0.2) is 36.7 Å². The molecular weight excluding hydrogens is 292 g/mol. The van der Waals surface area contributed by atoms with Crippen molar-refractivity contribution in [2.24, 2.45) is 5.92 Å². The third-order valence-electron chi connectivity index (χ3n) is 4.20. The predicted molar refractivity (Wildman–Crippen MR) is 88.0 cm³/mol. The van der Waals surface area contributed by atoms with Gasteiger partial charge in [0.25, 0.3) is 0 Å². The number of carbonyl (C=O) groups excluding carboxylic acids is 1. The first-order chi connectivity index (χ1) is 11.2. The lowest BCUT2D eigenvalue weighted by molar-refractivity contribution is -0.122.